The summed E-state index contributed by atoms with van der Waals surface area (Å²) in [7, 11) is -2.98. The van der Waals surface area contributed by atoms with E-state index in [1.165, 1.54) is 7.11 Å². The monoisotopic (exact) mass is 322 g/mol. The minimum atomic E-state index is -4.41. The summed E-state index contributed by atoms with van der Waals surface area (Å²) < 4.78 is 54.3. The third-order valence-electron chi connectivity index (χ3n) is 2.53. The Labute approximate surface area is 121 Å². The van der Waals surface area contributed by atoms with Gasteiger partial charge in [0.25, 0.3) is 5.91 Å². The van der Waals surface area contributed by atoms with Gasteiger partial charge in [-0.15, -0.1) is 0 Å². The number of methoxy groups -OCH3 is 1. The van der Waals surface area contributed by atoms with Gasteiger partial charge in [-0.1, -0.05) is 0 Å². The predicted molar refractivity (Wildman–Crippen MR) is 71.2 cm³/mol. The van der Waals surface area contributed by atoms with Gasteiger partial charge in [-0.05, 0) is 19.9 Å². The van der Waals surface area contributed by atoms with Crippen molar-refractivity contribution < 1.29 is 26.7 Å². The molecule has 0 aliphatic rings. The molecule has 0 unspecified atom stereocenters. The Morgan fingerprint density at radius 2 is 1.90 bits per heavy atom. The maximum Gasteiger partial charge on any atom is 0.254 e. The maximum atomic E-state index is 13.7. The fourth-order valence-electron chi connectivity index (χ4n) is 1.69. The van der Waals surface area contributed by atoms with E-state index >= 15 is 0 Å². The van der Waals surface area contributed by atoms with Crippen molar-refractivity contribution in [3.63, 3.8) is 0 Å². The van der Waals surface area contributed by atoms with Crippen molar-refractivity contribution in [3.8, 4) is 0 Å². The second-order valence-corrected chi connectivity index (χ2v) is 6.61. The summed E-state index contributed by atoms with van der Waals surface area (Å²) >= 11 is 0. The molecule has 9 heteroatoms. The highest BCUT2D eigenvalue weighted by Crippen LogP contribution is 2.19. The highest BCUT2D eigenvalue weighted by Gasteiger charge is 2.26. The van der Waals surface area contributed by atoms with Gasteiger partial charge in [0.1, 0.15) is 16.5 Å². The van der Waals surface area contributed by atoms with Crippen LogP contribution >= 0.6 is 0 Å². The van der Waals surface area contributed by atoms with E-state index in [2.05, 4.69) is 5.32 Å². The summed E-state index contributed by atoms with van der Waals surface area (Å²) in [5, 5.41) is 7.26. The fraction of sp³-hybridized carbons (Fsp3) is 0.417. The van der Waals surface area contributed by atoms with Crippen LogP contribution in [0.4, 0.5) is 8.78 Å². The number of carbonyl (C=O) groups is 1. The largest absolute Gasteiger partial charge is 0.382 e. The first kappa shape index (κ1) is 17.5. The molecule has 0 heterocycles. The second-order valence-electron chi connectivity index (χ2n) is 5.08. The molecule has 0 radical (unpaired) electrons. The average Bonchev–Trinajstić information content (AvgIpc) is 2.25. The van der Waals surface area contributed by atoms with E-state index in [-0.39, 0.29) is 6.61 Å². The number of sulfonamides is 1. The van der Waals surface area contributed by atoms with Crippen LogP contribution in [0.1, 0.15) is 24.2 Å². The zero-order valence-corrected chi connectivity index (χ0v) is 12.6. The lowest BCUT2D eigenvalue weighted by Gasteiger charge is -2.25. The summed E-state index contributed by atoms with van der Waals surface area (Å²) in [4.78, 5) is 11.0. The number of primary sulfonamides is 1. The number of rotatable bonds is 5. The van der Waals surface area contributed by atoms with Crippen molar-refractivity contribution in [2.45, 2.75) is 24.3 Å². The molecule has 0 aliphatic carbocycles. The smallest absolute Gasteiger partial charge is 0.254 e. The van der Waals surface area contributed by atoms with Gasteiger partial charge in [0.05, 0.1) is 17.7 Å². The Morgan fingerprint density at radius 1 is 1.33 bits per heavy atom. The van der Waals surface area contributed by atoms with Gasteiger partial charge in [-0.2, -0.15) is 0 Å². The molecule has 0 aliphatic heterocycles. The first-order valence-electron chi connectivity index (χ1n) is 5.81. The van der Waals surface area contributed by atoms with E-state index in [9.17, 15) is 22.0 Å². The maximum absolute atomic E-state index is 13.7. The summed E-state index contributed by atoms with van der Waals surface area (Å²) in [5.41, 5.74) is -1.45. The number of ether oxygens (including phenoxy) is 1. The molecule has 6 nitrogen and oxygen atoms in total. The molecule has 0 bridgehead atoms. The average molecular weight is 322 g/mol. The Bertz CT molecular complexity index is 659. The summed E-state index contributed by atoms with van der Waals surface area (Å²) in [5.74, 6) is -3.45. The van der Waals surface area contributed by atoms with Crippen LogP contribution in [0.15, 0.2) is 17.0 Å². The molecule has 0 saturated heterocycles. The molecule has 3 N–H and O–H groups in total. The topological polar surface area (TPSA) is 98.5 Å². The zero-order valence-electron chi connectivity index (χ0n) is 11.7. The number of hydrogen-bond donors (Lipinski definition) is 2. The molecule has 0 saturated carbocycles. The van der Waals surface area contributed by atoms with Gasteiger partial charge in [-0.25, -0.2) is 22.3 Å². The SMILES string of the molecule is COCC(C)(C)NC(=O)c1cc(S(N)(=O)=O)c(F)cc1F. The second kappa shape index (κ2) is 6.04. The van der Waals surface area contributed by atoms with E-state index in [1.54, 1.807) is 13.8 Å². The van der Waals surface area contributed by atoms with Crippen LogP contribution in [-0.4, -0.2) is 33.6 Å². The molecule has 21 heavy (non-hydrogen) atoms. The number of nitrogens with one attached hydrogen (secondary N) is 1. The number of amides is 1. The van der Waals surface area contributed by atoms with Crippen LogP contribution in [0, 0.1) is 11.6 Å². The van der Waals surface area contributed by atoms with E-state index in [0.717, 1.165) is 0 Å². The molecule has 1 rings (SSSR count). The van der Waals surface area contributed by atoms with Crippen LogP contribution in [0.5, 0.6) is 0 Å². The number of nitrogens with two attached hydrogens (primary N) is 1. The zero-order chi connectivity index (χ0) is 16.4. The van der Waals surface area contributed by atoms with E-state index in [0.29, 0.717) is 12.1 Å². The Hall–Kier alpha value is -1.58. The van der Waals surface area contributed by atoms with E-state index in [1.807, 2.05) is 0 Å². The molecule has 0 aromatic heterocycles. The van der Waals surface area contributed by atoms with Crippen molar-refractivity contribution in [1.29, 1.82) is 0 Å². The Balaban J connectivity index is 3.22. The molecular formula is C12H16F2N2O4S. The fourth-order valence-corrected chi connectivity index (χ4v) is 2.31. The molecule has 1 aromatic rings. The number of benzene rings is 1. The lowest BCUT2D eigenvalue weighted by molar-refractivity contribution is 0.0816. The van der Waals surface area contributed by atoms with Crippen LogP contribution < -0.4 is 10.5 Å². The van der Waals surface area contributed by atoms with Gasteiger partial charge >= 0.3 is 0 Å². The molecule has 0 spiro atoms. The number of hydrogen-bond acceptors (Lipinski definition) is 4. The summed E-state index contributed by atoms with van der Waals surface area (Å²) in [6.45, 7) is 3.39. The quantitative estimate of drug-likeness (QED) is 0.836. The van der Waals surface area contributed by atoms with Crippen molar-refractivity contribution in [2.24, 2.45) is 5.14 Å². The van der Waals surface area contributed by atoms with Crippen molar-refractivity contribution in [2.75, 3.05) is 13.7 Å². The minimum absolute atomic E-state index is 0.142. The first-order chi connectivity index (χ1) is 9.48. The van der Waals surface area contributed by atoms with Crippen LogP contribution in [-0.2, 0) is 14.8 Å². The number of carbonyl (C=O) groups excluding carboxylic acids is 1. The molecule has 0 atom stereocenters. The highest BCUT2D eigenvalue weighted by atomic mass is 32.2. The predicted octanol–water partition coefficient (Wildman–Crippen LogP) is 0.767. The van der Waals surface area contributed by atoms with Crippen LogP contribution in [0.3, 0.4) is 0 Å². The number of halogens is 2. The van der Waals surface area contributed by atoms with Gasteiger partial charge in [-0.3, -0.25) is 4.79 Å². The van der Waals surface area contributed by atoms with Crippen molar-refractivity contribution >= 4 is 15.9 Å². The van der Waals surface area contributed by atoms with Crippen LogP contribution in [0.25, 0.3) is 0 Å². The molecular weight excluding hydrogens is 306 g/mol. The van der Waals surface area contributed by atoms with Gasteiger partial charge in [0.15, 0.2) is 0 Å². The molecule has 118 valence electrons. The third kappa shape index (κ3) is 4.45. The lowest BCUT2D eigenvalue weighted by atomic mass is 10.1. The molecule has 0 fully saturated rings. The van der Waals surface area contributed by atoms with Gasteiger partial charge in [0, 0.05) is 13.2 Å². The summed E-state index contributed by atoms with van der Waals surface area (Å²) in [6, 6.07) is 0.871. The van der Waals surface area contributed by atoms with Gasteiger partial charge < -0.3 is 10.1 Å². The minimum Gasteiger partial charge on any atom is -0.382 e. The molecule has 1 amide bonds. The highest BCUT2D eigenvalue weighted by molar-refractivity contribution is 7.89. The lowest BCUT2D eigenvalue weighted by Crippen LogP contribution is -2.47. The van der Waals surface area contributed by atoms with E-state index < -0.39 is 43.6 Å². The molecule has 1 aromatic carbocycles. The summed E-state index contributed by atoms with van der Waals surface area (Å²) in [6.07, 6.45) is 0. The van der Waals surface area contributed by atoms with Gasteiger partial charge in [0.2, 0.25) is 10.0 Å². The van der Waals surface area contributed by atoms with Crippen LogP contribution in [0.2, 0.25) is 0 Å². The van der Waals surface area contributed by atoms with Crippen molar-refractivity contribution in [3.05, 3.63) is 29.3 Å². The van der Waals surface area contributed by atoms with Crippen molar-refractivity contribution in [1.82, 2.24) is 5.32 Å². The Kier molecular flexibility index (Phi) is 5.03. The standard InChI is InChI=1S/C12H16F2N2O4S/c1-12(2,6-20-3)16-11(17)7-4-10(21(15,18)19)9(14)5-8(7)13/h4-5H,6H2,1-3H3,(H,16,17)(H2,15,18,19). The normalized spacial score (nSPS) is 12.3. The van der Waals surface area contributed by atoms with E-state index in [4.69, 9.17) is 9.88 Å². The third-order valence-corrected chi connectivity index (χ3v) is 3.46. The Morgan fingerprint density at radius 3 is 2.38 bits per heavy atom. The first-order valence-corrected chi connectivity index (χ1v) is 7.36.